The van der Waals surface area contributed by atoms with Gasteiger partial charge in [-0.05, 0) is 32.4 Å². The number of rotatable bonds is 5. The first-order chi connectivity index (χ1) is 7.15. The molecular weight excluding hydrogens is 193 g/mol. The number of para-hydroxylation sites is 1. The van der Waals surface area contributed by atoms with Gasteiger partial charge in [0.25, 0.3) is 0 Å². The Morgan fingerprint density at radius 2 is 2.07 bits per heavy atom. The summed E-state index contributed by atoms with van der Waals surface area (Å²) in [6.45, 7) is 5.15. The molecule has 3 heteroatoms. The van der Waals surface area contributed by atoms with Crippen LogP contribution in [0.2, 0.25) is 0 Å². The average Bonchev–Trinajstić information content (AvgIpc) is 2.21. The molecule has 84 valence electrons. The Bertz CT molecular complexity index is 301. The maximum atomic E-state index is 13.4. The highest BCUT2D eigenvalue weighted by molar-refractivity contribution is 5.47. The summed E-state index contributed by atoms with van der Waals surface area (Å²) < 4.78 is 13.4. The van der Waals surface area contributed by atoms with E-state index in [2.05, 4.69) is 0 Å². The molecule has 1 aromatic carbocycles. The van der Waals surface area contributed by atoms with Gasteiger partial charge in [-0.25, -0.2) is 4.39 Å². The van der Waals surface area contributed by atoms with Crippen LogP contribution in [0.25, 0.3) is 0 Å². The van der Waals surface area contributed by atoms with Crippen LogP contribution in [0.4, 0.5) is 10.1 Å². The Kier molecular flexibility index (Phi) is 4.56. The van der Waals surface area contributed by atoms with E-state index in [0.717, 1.165) is 6.54 Å². The largest absolute Gasteiger partial charge is 0.393 e. The first-order valence-corrected chi connectivity index (χ1v) is 5.32. The summed E-state index contributed by atoms with van der Waals surface area (Å²) in [6.07, 6.45) is 0.313. The van der Waals surface area contributed by atoms with Crippen molar-refractivity contribution in [3.8, 4) is 0 Å². The van der Waals surface area contributed by atoms with Crippen molar-refractivity contribution in [2.45, 2.75) is 26.4 Å². The van der Waals surface area contributed by atoms with Crippen LogP contribution in [0.1, 0.15) is 20.3 Å². The molecule has 1 atom stereocenters. The van der Waals surface area contributed by atoms with Gasteiger partial charge in [-0.2, -0.15) is 0 Å². The molecule has 1 N–H and O–H groups in total. The third kappa shape index (κ3) is 3.51. The van der Waals surface area contributed by atoms with Gasteiger partial charge in [-0.15, -0.1) is 0 Å². The van der Waals surface area contributed by atoms with Crippen LogP contribution in [0.15, 0.2) is 24.3 Å². The smallest absolute Gasteiger partial charge is 0.146 e. The monoisotopic (exact) mass is 211 g/mol. The Morgan fingerprint density at radius 3 is 2.60 bits per heavy atom. The van der Waals surface area contributed by atoms with Gasteiger partial charge in [-0.3, -0.25) is 0 Å². The van der Waals surface area contributed by atoms with E-state index in [0.29, 0.717) is 18.7 Å². The molecule has 1 unspecified atom stereocenters. The minimum Gasteiger partial charge on any atom is -0.393 e. The van der Waals surface area contributed by atoms with Crippen LogP contribution in [-0.4, -0.2) is 24.3 Å². The minimum absolute atomic E-state index is 0.204. The fourth-order valence-corrected chi connectivity index (χ4v) is 1.50. The van der Waals surface area contributed by atoms with Crippen molar-refractivity contribution >= 4 is 5.69 Å². The Labute approximate surface area is 90.3 Å². The summed E-state index contributed by atoms with van der Waals surface area (Å²) in [5, 5.41) is 9.19. The molecule has 1 rings (SSSR count). The molecule has 0 spiro atoms. The number of hydrogen-bond acceptors (Lipinski definition) is 2. The summed E-state index contributed by atoms with van der Waals surface area (Å²) in [7, 11) is 0. The predicted octanol–water partition coefficient (Wildman–Crippen LogP) is 2.42. The highest BCUT2D eigenvalue weighted by Gasteiger charge is 2.09. The van der Waals surface area contributed by atoms with E-state index >= 15 is 0 Å². The van der Waals surface area contributed by atoms with Gasteiger partial charge in [0, 0.05) is 13.1 Å². The quantitative estimate of drug-likeness (QED) is 0.808. The van der Waals surface area contributed by atoms with Crippen LogP contribution in [0.3, 0.4) is 0 Å². The van der Waals surface area contributed by atoms with E-state index in [1.165, 1.54) is 6.07 Å². The summed E-state index contributed by atoms with van der Waals surface area (Å²) >= 11 is 0. The molecule has 0 saturated carbocycles. The van der Waals surface area contributed by atoms with E-state index in [-0.39, 0.29) is 11.9 Å². The van der Waals surface area contributed by atoms with Gasteiger partial charge in [0.1, 0.15) is 5.82 Å². The van der Waals surface area contributed by atoms with E-state index in [9.17, 15) is 9.50 Å². The van der Waals surface area contributed by atoms with E-state index < -0.39 is 0 Å². The molecule has 0 aliphatic carbocycles. The molecule has 0 aliphatic rings. The lowest BCUT2D eigenvalue weighted by Crippen LogP contribution is -2.27. The fourth-order valence-electron chi connectivity index (χ4n) is 1.50. The third-order valence-electron chi connectivity index (χ3n) is 2.39. The lowest BCUT2D eigenvalue weighted by Gasteiger charge is -2.24. The molecule has 0 aromatic heterocycles. The fraction of sp³-hybridized carbons (Fsp3) is 0.500. The van der Waals surface area contributed by atoms with Crippen LogP contribution in [0.5, 0.6) is 0 Å². The molecule has 0 heterocycles. The number of nitrogens with zero attached hydrogens (tertiary/aromatic N) is 1. The van der Waals surface area contributed by atoms with Gasteiger partial charge < -0.3 is 10.0 Å². The number of anilines is 1. The van der Waals surface area contributed by atoms with Crippen LogP contribution in [0, 0.1) is 5.82 Å². The second-order valence-electron chi connectivity index (χ2n) is 3.67. The zero-order valence-electron chi connectivity index (χ0n) is 9.28. The van der Waals surface area contributed by atoms with Crippen molar-refractivity contribution in [1.82, 2.24) is 0 Å². The summed E-state index contributed by atoms with van der Waals surface area (Å²) in [4.78, 5) is 1.93. The average molecular weight is 211 g/mol. The lowest BCUT2D eigenvalue weighted by molar-refractivity contribution is 0.186. The number of benzene rings is 1. The number of aliphatic hydroxyl groups excluding tert-OH is 1. The second kappa shape index (κ2) is 5.71. The van der Waals surface area contributed by atoms with Crippen molar-refractivity contribution in [2.24, 2.45) is 0 Å². The first kappa shape index (κ1) is 12.0. The third-order valence-corrected chi connectivity index (χ3v) is 2.39. The molecule has 2 nitrogen and oxygen atoms in total. The summed E-state index contributed by atoms with van der Waals surface area (Å²) in [6, 6.07) is 6.73. The molecule has 0 bridgehead atoms. The number of aliphatic hydroxyl groups is 1. The van der Waals surface area contributed by atoms with Crippen molar-refractivity contribution in [2.75, 3.05) is 18.0 Å². The molecule has 15 heavy (non-hydrogen) atoms. The van der Waals surface area contributed by atoms with Gasteiger partial charge in [-0.1, -0.05) is 12.1 Å². The molecule has 0 aliphatic heterocycles. The minimum atomic E-state index is -0.342. The zero-order chi connectivity index (χ0) is 11.3. The maximum absolute atomic E-state index is 13.4. The highest BCUT2D eigenvalue weighted by Crippen LogP contribution is 2.18. The summed E-state index contributed by atoms with van der Waals surface area (Å²) in [5.74, 6) is -0.204. The SMILES string of the molecule is CCN(CCC(C)O)c1ccccc1F. The molecule has 0 radical (unpaired) electrons. The first-order valence-electron chi connectivity index (χ1n) is 5.32. The molecule has 0 amide bonds. The van der Waals surface area contributed by atoms with Crippen LogP contribution < -0.4 is 4.90 Å². The predicted molar refractivity (Wildman–Crippen MR) is 60.6 cm³/mol. The van der Waals surface area contributed by atoms with Crippen LogP contribution in [-0.2, 0) is 0 Å². The van der Waals surface area contributed by atoms with E-state index in [4.69, 9.17) is 0 Å². The van der Waals surface area contributed by atoms with Crippen LogP contribution >= 0.6 is 0 Å². The Balaban J connectivity index is 2.70. The summed E-state index contributed by atoms with van der Waals surface area (Å²) in [5.41, 5.74) is 0.612. The molecule has 0 saturated heterocycles. The van der Waals surface area contributed by atoms with Gasteiger partial charge in [0.15, 0.2) is 0 Å². The van der Waals surface area contributed by atoms with Crippen molar-refractivity contribution in [3.05, 3.63) is 30.1 Å². The highest BCUT2D eigenvalue weighted by atomic mass is 19.1. The number of hydrogen-bond donors (Lipinski definition) is 1. The van der Waals surface area contributed by atoms with Gasteiger partial charge >= 0.3 is 0 Å². The van der Waals surface area contributed by atoms with E-state index in [1.54, 1.807) is 19.1 Å². The molecular formula is C12H18FNO. The van der Waals surface area contributed by atoms with Gasteiger partial charge in [0.2, 0.25) is 0 Å². The van der Waals surface area contributed by atoms with Gasteiger partial charge in [0.05, 0.1) is 11.8 Å². The van der Waals surface area contributed by atoms with E-state index in [1.807, 2.05) is 17.9 Å². The normalized spacial score (nSPS) is 12.5. The standard InChI is InChI=1S/C12H18FNO/c1-3-14(9-8-10(2)15)12-7-5-4-6-11(12)13/h4-7,10,15H,3,8-9H2,1-2H3. The van der Waals surface area contributed by atoms with Crippen molar-refractivity contribution in [1.29, 1.82) is 0 Å². The maximum Gasteiger partial charge on any atom is 0.146 e. The second-order valence-corrected chi connectivity index (χ2v) is 3.67. The zero-order valence-corrected chi connectivity index (χ0v) is 9.28. The molecule has 0 fully saturated rings. The Morgan fingerprint density at radius 1 is 1.40 bits per heavy atom. The topological polar surface area (TPSA) is 23.5 Å². The van der Waals surface area contributed by atoms with Crippen molar-refractivity contribution < 1.29 is 9.50 Å². The Hall–Kier alpha value is -1.09. The van der Waals surface area contributed by atoms with Crippen molar-refractivity contribution in [3.63, 3.8) is 0 Å². The molecule has 1 aromatic rings. The lowest BCUT2D eigenvalue weighted by atomic mass is 10.2. The number of halogens is 1.